The highest BCUT2D eigenvalue weighted by Gasteiger charge is 2.23. The Morgan fingerprint density at radius 3 is 2.42 bits per heavy atom. The normalized spacial score (nSPS) is 16.2. The first-order valence-electron chi connectivity index (χ1n) is 10.2. The van der Waals surface area contributed by atoms with Gasteiger partial charge >= 0.3 is 0 Å². The number of sulfonamides is 1. The highest BCUT2D eigenvalue weighted by molar-refractivity contribution is 14.0. The highest BCUT2D eigenvalue weighted by Crippen LogP contribution is 2.25. The maximum atomic E-state index is 12.3. The van der Waals surface area contributed by atoms with Crippen molar-refractivity contribution in [2.24, 2.45) is 4.99 Å². The summed E-state index contributed by atoms with van der Waals surface area (Å²) >= 11 is 1.28. The van der Waals surface area contributed by atoms with Crippen LogP contribution in [0.1, 0.15) is 29.3 Å². The molecular formula is C21H32IN5O2S2. The van der Waals surface area contributed by atoms with Gasteiger partial charge in [0.25, 0.3) is 10.0 Å². The Bertz CT molecular complexity index is 942. The lowest BCUT2D eigenvalue weighted by Crippen LogP contribution is -2.42. The van der Waals surface area contributed by atoms with E-state index in [0.29, 0.717) is 22.8 Å². The molecule has 1 aromatic carbocycles. The predicted octanol–water partition coefficient (Wildman–Crippen LogP) is 3.12. The second-order valence-corrected chi connectivity index (χ2v) is 11.0. The molecule has 1 saturated heterocycles. The number of nitrogens with one attached hydrogen (secondary N) is 2. The fourth-order valence-corrected chi connectivity index (χ4v) is 6.01. The van der Waals surface area contributed by atoms with Crippen LogP contribution in [0.2, 0.25) is 0 Å². The molecule has 2 N–H and O–H groups in total. The highest BCUT2D eigenvalue weighted by atomic mass is 127. The molecule has 1 aromatic heterocycles. The molecule has 0 bridgehead atoms. The number of likely N-dealkylation sites (tertiary alicyclic amines) is 1. The van der Waals surface area contributed by atoms with Gasteiger partial charge in [0.15, 0.2) is 5.96 Å². The number of hydrogen-bond donors (Lipinski definition) is 2. The molecule has 0 aliphatic carbocycles. The van der Waals surface area contributed by atoms with E-state index in [2.05, 4.69) is 44.8 Å². The third kappa shape index (κ3) is 6.88. The molecule has 1 unspecified atom stereocenters. The minimum absolute atomic E-state index is 0. The average Bonchev–Trinajstić information content (AvgIpc) is 3.44. The summed E-state index contributed by atoms with van der Waals surface area (Å²) in [5.74, 6) is 0.709. The van der Waals surface area contributed by atoms with Gasteiger partial charge in [-0.25, -0.2) is 12.7 Å². The third-order valence-corrected chi connectivity index (χ3v) is 8.62. The largest absolute Gasteiger partial charge is 0.354 e. The molecule has 10 heteroatoms. The number of rotatable bonds is 8. The second-order valence-electron chi connectivity index (χ2n) is 7.48. The van der Waals surface area contributed by atoms with E-state index in [1.165, 1.54) is 34.0 Å². The molecule has 0 spiro atoms. The SMILES string of the molecule is CN=C(NCc1ccc(S(=O)(=O)N(C)C)s1)NCC(c1ccccc1)N1CCCC1.I. The van der Waals surface area contributed by atoms with E-state index in [-0.39, 0.29) is 24.0 Å². The molecular weight excluding hydrogens is 545 g/mol. The van der Waals surface area contributed by atoms with Crippen LogP contribution in [0.25, 0.3) is 0 Å². The van der Waals surface area contributed by atoms with Gasteiger partial charge in [0.05, 0.1) is 12.6 Å². The van der Waals surface area contributed by atoms with Crippen molar-refractivity contribution in [1.82, 2.24) is 19.8 Å². The number of aliphatic imine (C=N–C) groups is 1. The maximum Gasteiger partial charge on any atom is 0.252 e. The number of hydrogen-bond acceptors (Lipinski definition) is 5. The van der Waals surface area contributed by atoms with E-state index in [1.807, 2.05) is 12.1 Å². The molecule has 3 rings (SSSR count). The van der Waals surface area contributed by atoms with Crippen molar-refractivity contribution >= 4 is 51.3 Å². The van der Waals surface area contributed by atoms with E-state index in [4.69, 9.17) is 0 Å². The van der Waals surface area contributed by atoms with Crippen molar-refractivity contribution in [3.8, 4) is 0 Å². The van der Waals surface area contributed by atoms with Gasteiger partial charge in [-0.05, 0) is 43.6 Å². The number of halogens is 1. The van der Waals surface area contributed by atoms with E-state index in [0.717, 1.165) is 24.5 Å². The van der Waals surface area contributed by atoms with Gasteiger partial charge < -0.3 is 10.6 Å². The molecule has 1 aliphatic rings. The molecule has 2 heterocycles. The number of thiophene rings is 1. The first-order valence-corrected chi connectivity index (χ1v) is 12.4. The molecule has 31 heavy (non-hydrogen) atoms. The Morgan fingerprint density at radius 1 is 1.13 bits per heavy atom. The van der Waals surface area contributed by atoms with Crippen molar-refractivity contribution in [2.45, 2.75) is 29.6 Å². The molecule has 7 nitrogen and oxygen atoms in total. The van der Waals surface area contributed by atoms with Crippen LogP contribution in [0, 0.1) is 0 Å². The van der Waals surface area contributed by atoms with Gasteiger partial charge in [-0.1, -0.05) is 30.3 Å². The number of nitrogens with zero attached hydrogens (tertiary/aromatic N) is 3. The van der Waals surface area contributed by atoms with E-state index >= 15 is 0 Å². The average molecular weight is 578 g/mol. The van der Waals surface area contributed by atoms with E-state index in [1.54, 1.807) is 27.2 Å². The molecule has 172 valence electrons. The lowest BCUT2D eigenvalue weighted by atomic mass is 10.1. The summed E-state index contributed by atoms with van der Waals surface area (Å²) in [5.41, 5.74) is 1.30. The van der Waals surface area contributed by atoms with Crippen molar-refractivity contribution in [2.75, 3.05) is 40.8 Å². The summed E-state index contributed by atoms with van der Waals surface area (Å²) < 4.78 is 26.1. The fraction of sp³-hybridized carbons (Fsp3) is 0.476. The summed E-state index contributed by atoms with van der Waals surface area (Å²) in [4.78, 5) is 7.80. The zero-order valence-corrected chi connectivity index (χ0v) is 22.2. The Balaban J connectivity index is 0.00000341. The van der Waals surface area contributed by atoms with Gasteiger partial charge in [0.1, 0.15) is 4.21 Å². The summed E-state index contributed by atoms with van der Waals surface area (Å²) in [6.45, 7) is 3.51. The fourth-order valence-electron chi connectivity index (χ4n) is 3.54. The predicted molar refractivity (Wildman–Crippen MR) is 139 cm³/mol. The third-order valence-electron chi connectivity index (χ3n) is 5.25. The first kappa shape index (κ1) is 26.0. The summed E-state index contributed by atoms with van der Waals surface area (Å²) in [5, 5.41) is 6.75. The minimum Gasteiger partial charge on any atom is -0.354 e. The molecule has 0 saturated carbocycles. The Morgan fingerprint density at radius 2 is 1.81 bits per heavy atom. The second kappa shape index (κ2) is 12.1. The minimum atomic E-state index is -3.39. The lowest BCUT2D eigenvalue weighted by molar-refractivity contribution is 0.245. The van der Waals surface area contributed by atoms with Crippen LogP contribution >= 0.6 is 35.3 Å². The molecule has 1 atom stereocenters. The van der Waals surface area contributed by atoms with Crippen LogP contribution in [0.5, 0.6) is 0 Å². The van der Waals surface area contributed by atoms with Crippen LogP contribution in [-0.2, 0) is 16.6 Å². The molecule has 2 aromatic rings. The van der Waals surface area contributed by atoms with Crippen molar-refractivity contribution < 1.29 is 8.42 Å². The van der Waals surface area contributed by atoms with Crippen LogP contribution in [-0.4, -0.2) is 64.4 Å². The summed E-state index contributed by atoms with van der Waals surface area (Å²) in [6, 6.07) is 14.4. The number of benzene rings is 1. The Labute approximate surface area is 207 Å². The van der Waals surface area contributed by atoms with E-state index < -0.39 is 10.0 Å². The zero-order valence-electron chi connectivity index (χ0n) is 18.2. The topological polar surface area (TPSA) is 77.0 Å². The molecule has 0 amide bonds. The van der Waals surface area contributed by atoms with Gasteiger partial charge in [-0.3, -0.25) is 9.89 Å². The van der Waals surface area contributed by atoms with Crippen LogP contribution < -0.4 is 10.6 Å². The monoisotopic (exact) mass is 577 g/mol. The van der Waals surface area contributed by atoms with Gasteiger partial charge in [0, 0.05) is 32.6 Å². The molecule has 0 radical (unpaired) electrons. The summed E-state index contributed by atoms with van der Waals surface area (Å²) in [6.07, 6.45) is 2.49. The van der Waals surface area contributed by atoms with Gasteiger partial charge in [-0.2, -0.15) is 0 Å². The standard InChI is InChI=1S/C21H31N5O2S2.HI/c1-22-21(23-15-18-11-12-20(29-18)30(27,28)25(2)3)24-16-19(26-13-7-8-14-26)17-9-5-4-6-10-17;/h4-6,9-12,19H,7-8,13-16H2,1-3H3,(H2,22,23,24);1H. The van der Waals surface area contributed by atoms with Crippen molar-refractivity contribution in [3.05, 3.63) is 52.9 Å². The van der Waals surface area contributed by atoms with Crippen molar-refractivity contribution in [1.29, 1.82) is 0 Å². The summed E-state index contributed by atoms with van der Waals surface area (Å²) in [7, 11) is 1.45. The van der Waals surface area contributed by atoms with Gasteiger partial charge in [-0.15, -0.1) is 35.3 Å². The quantitative estimate of drug-likeness (QED) is 0.287. The number of guanidine groups is 1. The lowest BCUT2D eigenvalue weighted by Gasteiger charge is -2.28. The smallest absolute Gasteiger partial charge is 0.252 e. The van der Waals surface area contributed by atoms with Crippen LogP contribution in [0.4, 0.5) is 0 Å². The van der Waals surface area contributed by atoms with Crippen LogP contribution in [0.3, 0.4) is 0 Å². The Hall–Kier alpha value is -1.21. The van der Waals surface area contributed by atoms with Crippen LogP contribution in [0.15, 0.2) is 51.7 Å². The van der Waals surface area contributed by atoms with Gasteiger partial charge in [0.2, 0.25) is 0 Å². The first-order chi connectivity index (χ1) is 14.4. The molecule has 1 aliphatic heterocycles. The van der Waals surface area contributed by atoms with E-state index in [9.17, 15) is 8.42 Å². The Kier molecular flexibility index (Phi) is 10.2. The zero-order chi connectivity index (χ0) is 21.6. The van der Waals surface area contributed by atoms with Crippen molar-refractivity contribution in [3.63, 3.8) is 0 Å². The molecule has 1 fully saturated rings. The maximum absolute atomic E-state index is 12.3.